The van der Waals surface area contributed by atoms with E-state index >= 15 is 0 Å². The minimum atomic E-state index is -1.12. The zero-order valence-electron chi connectivity index (χ0n) is 14.2. The quantitative estimate of drug-likeness (QED) is 0.768. The zero-order chi connectivity index (χ0) is 18.2. The molecule has 2 aromatic carbocycles. The lowest BCUT2D eigenvalue weighted by Gasteiger charge is -2.15. The fraction of sp³-hybridized carbons (Fsp3) is 0.263. The van der Waals surface area contributed by atoms with Gasteiger partial charge in [-0.3, -0.25) is 4.79 Å². The van der Waals surface area contributed by atoms with Gasteiger partial charge >= 0.3 is 5.97 Å². The summed E-state index contributed by atoms with van der Waals surface area (Å²) in [7, 11) is 3.13. The Bertz CT molecular complexity index is 727. The van der Waals surface area contributed by atoms with Gasteiger partial charge in [-0.05, 0) is 28.8 Å². The Morgan fingerprint density at radius 3 is 2.36 bits per heavy atom. The standard InChI is InChI=1S/C19H21NO5/c1-24-12-14-5-3-4-13(10-14)11-17(21)20-18(19(22)23)15-6-8-16(25-2)9-7-15/h3-10,18H,11-12H2,1-2H3,(H,20,21)(H,22,23). The molecule has 1 unspecified atom stereocenters. The molecule has 132 valence electrons. The Morgan fingerprint density at radius 1 is 1.08 bits per heavy atom. The molecule has 0 spiro atoms. The second-order valence-corrected chi connectivity index (χ2v) is 5.54. The third kappa shape index (κ3) is 5.32. The molecule has 0 aromatic heterocycles. The summed E-state index contributed by atoms with van der Waals surface area (Å²) in [5, 5.41) is 12.0. The normalized spacial score (nSPS) is 11.6. The Labute approximate surface area is 146 Å². The molecule has 2 N–H and O–H groups in total. The number of ether oxygens (including phenoxy) is 2. The maximum atomic E-state index is 12.3. The maximum absolute atomic E-state index is 12.3. The van der Waals surface area contributed by atoms with E-state index in [0.717, 1.165) is 11.1 Å². The van der Waals surface area contributed by atoms with E-state index in [1.54, 1.807) is 31.4 Å². The fourth-order valence-electron chi connectivity index (χ4n) is 2.48. The van der Waals surface area contributed by atoms with Crippen molar-refractivity contribution < 1.29 is 24.2 Å². The molecule has 0 radical (unpaired) electrons. The number of hydrogen-bond acceptors (Lipinski definition) is 4. The predicted octanol–water partition coefficient (Wildman–Crippen LogP) is 2.33. The maximum Gasteiger partial charge on any atom is 0.330 e. The molecule has 6 nitrogen and oxygen atoms in total. The van der Waals surface area contributed by atoms with Crippen LogP contribution in [0.15, 0.2) is 48.5 Å². The van der Waals surface area contributed by atoms with E-state index in [9.17, 15) is 14.7 Å². The van der Waals surface area contributed by atoms with E-state index in [1.165, 1.54) is 7.11 Å². The highest BCUT2D eigenvalue weighted by Gasteiger charge is 2.22. The molecule has 0 aliphatic rings. The molecular formula is C19H21NO5. The van der Waals surface area contributed by atoms with Gasteiger partial charge < -0.3 is 19.9 Å². The van der Waals surface area contributed by atoms with Crippen molar-refractivity contribution in [3.63, 3.8) is 0 Å². The number of hydrogen-bond donors (Lipinski definition) is 2. The minimum absolute atomic E-state index is 0.0947. The first-order chi connectivity index (χ1) is 12.0. The number of carboxylic acid groups (broad SMARTS) is 1. The third-order valence-corrected chi connectivity index (χ3v) is 3.67. The molecule has 1 amide bonds. The lowest BCUT2D eigenvalue weighted by Crippen LogP contribution is -2.34. The molecule has 0 heterocycles. The smallest absolute Gasteiger partial charge is 0.330 e. The zero-order valence-corrected chi connectivity index (χ0v) is 14.2. The fourth-order valence-corrected chi connectivity index (χ4v) is 2.48. The first-order valence-electron chi connectivity index (χ1n) is 7.76. The summed E-state index contributed by atoms with van der Waals surface area (Å²) in [6.07, 6.45) is 0.0947. The number of nitrogens with one attached hydrogen (secondary N) is 1. The molecule has 25 heavy (non-hydrogen) atoms. The van der Waals surface area contributed by atoms with Crippen LogP contribution in [0, 0.1) is 0 Å². The summed E-state index contributed by atoms with van der Waals surface area (Å²) >= 11 is 0. The number of carbonyl (C=O) groups is 2. The molecule has 0 aliphatic carbocycles. The molecule has 6 heteroatoms. The molecule has 0 saturated heterocycles. The van der Waals surface area contributed by atoms with Crippen LogP contribution in [0.1, 0.15) is 22.7 Å². The van der Waals surface area contributed by atoms with Gasteiger partial charge in [0.25, 0.3) is 0 Å². The van der Waals surface area contributed by atoms with Gasteiger partial charge in [0.05, 0.1) is 20.1 Å². The molecule has 2 rings (SSSR count). The van der Waals surface area contributed by atoms with Crippen molar-refractivity contribution in [1.82, 2.24) is 5.32 Å². The Hall–Kier alpha value is -2.86. The Morgan fingerprint density at radius 2 is 1.76 bits per heavy atom. The van der Waals surface area contributed by atoms with E-state index < -0.39 is 12.0 Å². The SMILES string of the molecule is COCc1cccc(CC(=O)NC(C(=O)O)c2ccc(OC)cc2)c1. The minimum Gasteiger partial charge on any atom is -0.497 e. The topological polar surface area (TPSA) is 84.9 Å². The molecule has 0 saturated carbocycles. The van der Waals surface area contributed by atoms with Crippen LogP contribution in [-0.4, -0.2) is 31.2 Å². The van der Waals surface area contributed by atoms with Crippen molar-refractivity contribution in [3.05, 3.63) is 65.2 Å². The largest absolute Gasteiger partial charge is 0.497 e. The van der Waals surface area contributed by atoms with Gasteiger partial charge in [0.15, 0.2) is 6.04 Å². The lowest BCUT2D eigenvalue weighted by atomic mass is 10.1. The van der Waals surface area contributed by atoms with Crippen molar-refractivity contribution in [3.8, 4) is 5.75 Å². The Balaban J connectivity index is 2.07. The summed E-state index contributed by atoms with van der Waals surface area (Å²) in [4.78, 5) is 23.8. The molecule has 2 aromatic rings. The number of amides is 1. The van der Waals surface area contributed by atoms with E-state index in [-0.39, 0.29) is 12.3 Å². The van der Waals surface area contributed by atoms with Crippen molar-refractivity contribution in [2.45, 2.75) is 19.1 Å². The Kier molecular flexibility index (Phi) is 6.54. The van der Waals surface area contributed by atoms with Crippen LogP contribution in [0.4, 0.5) is 0 Å². The first-order valence-corrected chi connectivity index (χ1v) is 7.76. The summed E-state index contributed by atoms with van der Waals surface area (Å²) in [5.74, 6) is -0.862. The second-order valence-electron chi connectivity index (χ2n) is 5.54. The van der Waals surface area contributed by atoms with Gasteiger partial charge in [0.2, 0.25) is 5.91 Å². The number of benzene rings is 2. The predicted molar refractivity (Wildman–Crippen MR) is 92.4 cm³/mol. The number of carbonyl (C=O) groups excluding carboxylic acids is 1. The van der Waals surface area contributed by atoms with Crippen molar-refractivity contribution in [2.24, 2.45) is 0 Å². The van der Waals surface area contributed by atoms with E-state index in [1.807, 2.05) is 24.3 Å². The van der Waals surface area contributed by atoms with Gasteiger partial charge in [0.1, 0.15) is 5.75 Å². The monoisotopic (exact) mass is 343 g/mol. The van der Waals surface area contributed by atoms with Crippen LogP contribution >= 0.6 is 0 Å². The van der Waals surface area contributed by atoms with Crippen LogP contribution in [-0.2, 0) is 27.4 Å². The number of rotatable bonds is 8. The van der Waals surface area contributed by atoms with Crippen molar-refractivity contribution in [2.75, 3.05) is 14.2 Å². The third-order valence-electron chi connectivity index (χ3n) is 3.67. The van der Waals surface area contributed by atoms with Gasteiger partial charge in [-0.2, -0.15) is 0 Å². The number of methoxy groups -OCH3 is 2. The van der Waals surface area contributed by atoms with Crippen LogP contribution < -0.4 is 10.1 Å². The van der Waals surface area contributed by atoms with Crippen LogP contribution in [0.3, 0.4) is 0 Å². The number of carboxylic acids is 1. The average Bonchev–Trinajstić information content (AvgIpc) is 2.60. The van der Waals surface area contributed by atoms with Crippen LogP contribution in [0.25, 0.3) is 0 Å². The van der Waals surface area contributed by atoms with Crippen LogP contribution in [0.2, 0.25) is 0 Å². The van der Waals surface area contributed by atoms with Crippen molar-refractivity contribution in [1.29, 1.82) is 0 Å². The molecule has 0 bridgehead atoms. The van der Waals surface area contributed by atoms with Gasteiger partial charge in [-0.15, -0.1) is 0 Å². The highest BCUT2D eigenvalue weighted by atomic mass is 16.5. The second kappa shape index (κ2) is 8.84. The van der Waals surface area contributed by atoms with Crippen molar-refractivity contribution >= 4 is 11.9 Å². The lowest BCUT2D eigenvalue weighted by molar-refractivity contribution is -0.141. The van der Waals surface area contributed by atoms with Gasteiger partial charge in [-0.25, -0.2) is 4.79 Å². The van der Waals surface area contributed by atoms with Gasteiger partial charge in [-0.1, -0.05) is 36.4 Å². The molecule has 0 aliphatic heterocycles. The van der Waals surface area contributed by atoms with E-state index in [4.69, 9.17) is 9.47 Å². The summed E-state index contributed by atoms with van der Waals surface area (Å²) in [5.41, 5.74) is 2.23. The molecule has 1 atom stereocenters. The van der Waals surface area contributed by atoms with E-state index in [2.05, 4.69) is 5.32 Å². The first kappa shape index (κ1) is 18.5. The average molecular weight is 343 g/mol. The molecular weight excluding hydrogens is 322 g/mol. The molecule has 0 fully saturated rings. The van der Waals surface area contributed by atoms with Crippen LogP contribution in [0.5, 0.6) is 5.75 Å². The van der Waals surface area contributed by atoms with Gasteiger partial charge in [0, 0.05) is 7.11 Å². The highest BCUT2D eigenvalue weighted by Crippen LogP contribution is 2.18. The summed E-state index contributed by atoms with van der Waals surface area (Å²) in [6, 6.07) is 12.9. The highest BCUT2D eigenvalue weighted by molar-refractivity contribution is 5.85. The summed E-state index contributed by atoms with van der Waals surface area (Å²) < 4.78 is 10.1. The summed E-state index contributed by atoms with van der Waals surface area (Å²) in [6.45, 7) is 0.457. The number of aliphatic carboxylic acids is 1. The van der Waals surface area contributed by atoms with E-state index in [0.29, 0.717) is 17.9 Å².